The Morgan fingerprint density at radius 2 is 1.28 bits per heavy atom. The van der Waals surface area contributed by atoms with Crippen molar-refractivity contribution in [3.8, 4) is 24.2 Å². The lowest BCUT2D eigenvalue weighted by atomic mass is 9.44. The van der Waals surface area contributed by atoms with Crippen LogP contribution in [0.3, 0.4) is 0 Å². The molecular weight excluding hydrogens is 917 g/mol. The fourth-order valence-electron chi connectivity index (χ4n) is 17.5. The number of hydrogen-bond acceptors (Lipinski definition) is 6. The molecule has 0 radical (unpaired) electrons. The Morgan fingerprint density at radius 3 is 1.77 bits per heavy atom. The standard InChI is InChI=1S/C27H38N2O.C22H35BrO2.C5H6N2.C5H4.2CH4/c1-25(30)13-14-26(2)18(16-25)7-8-19-20-9-10-22(27(20,3)12-11-21(19)26)23-17-29-15-5-4-6-24(29)28-23;1-20(25)10-11-21(2)14(12-20)4-5-15-16-6-7-18(19(24)13-23)22(16,3)9-8-17(15)21;6-5-3-1-2-4-7-5;1-3-5-4-2;;/h4-6,15,17-22,30H,7-14,16H2,1-3H3;14-18,25H,4-13H2,1-3H3;1-4H,(H2,6,7);1H,2H3;2*1H4/t18-,19+,20+,21+,22-,25-,26+,27+;14-,15+,16+,17+,18-,20-,21+,22+;;;;/m11..../s1. The molecule has 0 aliphatic heterocycles. The van der Waals surface area contributed by atoms with Crippen molar-refractivity contribution in [2.75, 3.05) is 11.1 Å². The summed E-state index contributed by atoms with van der Waals surface area (Å²) < 4.78 is 2.21. The highest BCUT2D eigenvalue weighted by atomic mass is 79.9. The molecule has 0 amide bonds. The molecule has 11 rings (SSSR count). The first-order chi connectivity index (χ1) is 31.8. The maximum absolute atomic E-state index is 12.5. The highest BCUT2D eigenvalue weighted by Crippen LogP contribution is 2.70. The largest absolute Gasteiger partial charge is 0.390 e. The third kappa shape index (κ3) is 10.5. The van der Waals surface area contributed by atoms with Crippen LogP contribution < -0.4 is 5.73 Å². The Kier molecular flexibility index (Phi) is 17.2. The molecule has 3 heterocycles. The highest BCUT2D eigenvalue weighted by Gasteiger charge is 2.63. The number of ketones is 1. The van der Waals surface area contributed by atoms with E-state index in [0.29, 0.717) is 45.0 Å². The maximum Gasteiger partial charge on any atom is 0.147 e. The number of imidazole rings is 1. The molecule has 4 N–H and O–H groups in total. The lowest BCUT2D eigenvalue weighted by Gasteiger charge is -2.61. The van der Waals surface area contributed by atoms with E-state index in [0.717, 1.165) is 79.2 Å². The molecule has 8 aliphatic rings. The fraction of sp³-hybridized carbons (Fsp3) is 0.721. The number of nitrogen functional groups attached to an aromatic ring is 1. The first-order valence-electron chi connectivity index (χ1n) is 26.3. The molecule has 380 valence electrons. The Hall–Kier alpha value is -3.17. The van der Waals surface area contributed by atoms with Crippen molar-refractivity contribution in [2.24, 2.45) is 74.9 Å². The molecule has 8 saturated carbocycles. The van der Waals surface area contributed by atoms with E-state index in [1.807, 2.05) is 19.1 Å². The van der Waals surface area contributed by atoms with Gasteiger partial charge in [0.05, 0.1) is 22.2 Å². The first-order valence-corrected chi connectivity index (χ1v) is 27.5. The number of pyridine rings is 2. The minimum atomic E-state index is -0.444. The average Bonchev–Trinajstić information content (AvgIpc) is 4.00. The van der Waals surface area contributed by atoms with Gasteiger partial charge in [0.2, 0.25) is 0 Å². The van der Waals surface area contributed by atoms with E-state index in [1.165, 1.54) is 89.2 Å². The summed E-state index contributed by atoms with van der Waals surface area (Å²) in [6, 6.07) is 11.8. The Bertz CT molecular complexity index is 2280. The second-order valence-corrected chi connectivity index (χ2v) is 25.1. The monoisotopic (exact) mass is 1010 g/mol. The van der Waals surface area contributed by atoms with Crippen molar-refractivity contribution >= 4 is 33.2 Å². The molecule has 8 aliphatic carbocycles. The highest BCUT2D eigenvalue weighted by molar-refractivity contribution is 9.09. The summed E-state index contributed by atoms with van der Waals surface area (Å²) in [7, 11) is 0. The predicted octanol–water partition coefficient (Wildman–Crippen LogP) is 14.2. The van der Waals surface area contributed by atoms with Crippen LogP contribution in [0.1, 0.15) is 191 Å². The molecule has 3 aromatic rings. The van der Waals surface area contributed by atoms with E-state index < -0.39 is 11.2 Å². The van der Waals surface area contributed by atoms with Crippen LogP contribution in [0.5, 0.6) is 0 Å². The second kappa shape index (κ2) is 21.5. The fourth-order valence-corrected chi connectivity index (χ4v) is 17.9. The number of aromatic nitrogens is 3. The smallest absolute Gasteiger partial charge is 0.147 e. The van der Waals surface area contributed by atoms with Crippen LogP contribution in [0, 0.1) is 99.1 Å². The summed E-state index contributed by atoms with van der Waals surface area (Å²) in [4.78, 5) is 21.3. The van der Waals surface area contributed by atoms with Crippen LogP contribution in [0.2, 0.25) is 0 Å². The molecule has 69 heavy (non-hydrogen) atoms. The summed E-state index contributed by atoms with van der Waals surface area (Å²) in [5, 5.41) is 21.9. The molecule has 0 unspecified atom stereocenters. The van der Waals surface area contributed by atoms with Crippen LogP contribution in [-0.4, -0.2) is 46.9 Å². The summed E-state index contributed by atoms with van der Waals surface area (Å²) >= 11 is 3.43. The number of rotatable bonds is 3. The number of carbonyl (C=O) groups is 1. The summed E-state index contributed by atoms with van der Waals surface area (Å²) in [6.07, 6.45) is 32.9. The third-order valence-corrected chi connectivity index (χ3v) is 21.6. The number of anilines is 1. The van der Waals surface area contributed by atoms with E-state index in [2.05, 4.69) is 108 Å². The Morgan fingerprint density at radius 1 is 0.725 bits per heavy atom. The number of fused-ring (bicyclic) bond motifs is 11. The van der Waals surface area contributed by atoms with Gasteiger partial charge in [-0.3, -0.25) is 4.79 Å². The minimum Gasteiger partial charge on any atom is -0.390 e. The number of aliphatic hydroxyl groups is 2. The van der Waals surface area contributed by atoms with Gasteiger partial charge in [0.1, 0.15) is 17.2 Å². The zero-order chi connectivity index (χ0) is 48.0. The van der Waals surface area contributed by atoms with E-state index >= 15 is 0 Å². The zero-order valence-electron chi connectivity index (χ0n) is 42.1. The quantitative estimate of drug-likeness (QED) is 0.178. The number of nitrogens with zero attached hydrogens (tertiary/aromatic N) is 3. The molecule has 8 fully saturated rings. The molecule has 0 bridgehead atoms. The molecule has 8 heteroatoms. The summed E-state index contributed by atoms with van der Waals surface area (Å²) in [5.74, 6) is 15.4. The van der Waals surface area contributed by atoms with Gasteiger partial charge in [-0.2, -0.15) is 0 Å². The van der Waals surface area contributed by atoms with Crippen LogP contribution in [0.4, 0.5) is 5.82 Å². The van der Waals surface area contributed by atoms with E-state index in [4.69, 9.17) is 17.1 Å². The molecule has 7 nitrogen and oxygen atoms in total. The van der Waals surface area contributed by atoms with Crippen LogP contribution in [0.25, 0.3) is 5.65 Å². The van der Waals surface area contributed by atoms with Crippen molar-refractivity contribution in [1.82, 2.24) is 14.4 Å². The van der Waals surface area contributed by atoms with Gasteiger partial charge < -0.3 is 20.3 Å². The van der Waals surface area contributed by atoms with Crippen LogP contribution in [0.15, 0.2) is 55.0 Å². The van der Waals surface area contributed by atoms with Gasteiger partial charge in [-0.1, -0.05) is 76.5 Å². The number of hydrogen-bond donors (Lipinski definition) is 3. The van der Waals surface area contributed by atoms with Gasteiger partial charge in [0.15, 0.2) is 0 Å². The Labute approximate surface area is 427 Å². The maximum atomic E-state index is 12.5. The SMILES string of the molecule is C.C.C#CC#CC.C[C@@]1(O)CC[C@@]2(C)[C@H](CC[C@@H]3[C@@H]2CC[C@]2(C)[C@@H](C(=O)CBr)CC[C@@H]32)C1.C[C@@]1(O)CC[C@@]2(C)[C@H](CC[C@@H]3[C@@H]2CC[C@]2(C)[C@@H](c4cn5ccccc5n4)CC[C@@H]32)C1.Nc1ccccn1. The summed E-state index contributed by atoms with van der Waals surface area (Å²) in [5.41, 5.74) is 8.32. The number of nitrogens with two attached hydrogens (primary N) is 1. The van der Waals surface area contributed by atoms with Crippen molar-refractivity contribution in [3.05, 3.63) is 60.7 Å². The van der Waals surface area contributed by atoms with E-state index in [9.17, 15) is 15.0 Å². The van der Waals surface area contributed by atoms with E-state index in [1.54, 1.807) is 19.2 Å². The van der Waals surface area contributed by atoms with Crippen molar-refractivity contribution in [3.63, 3.8) is 0 Å². The number of carbonyl (C=O) groups excluding carboxylic acids is 1. The van der Waals surface area contributed by atoms with Crippen molar-refractivity contribution < 1.29 is 15.0 Å². The predicted molar refractivity (Wildman–Crippen MR) is 289 cm³/mol. The van der Waals surface area contributed by atoms with Gasteiger partial charge in [-0.15, -0.1) is 6.42 Å². The molecule has 0 spiro atoms. The van der Waals surface area contributed by atoms with E-state index in [-0.39, 0.29) is 26.2 Å². The number of Topliss-reactive ketones (excluding diaryl/α,β-unsaturated/α-hetero) is 1. The first kappa shape index (κ1) is 55.1. The normalized spacial score (nSPS) is 42.0. The molecular formula is C61H91BrN4O3. The lowest BCUT2D eigenvalue weighted by molar-refractivity contribution is -0.150. The zero-order valence-corrected chi connectivity index (χ0v) is 43.7. The van der Waals surface area contributed by atoms with Crippen molar-refractivity contribution in [2.45, 2.75) is 196 Å². The van der Waals surface area contributed by atoms with Gasteiger partial charge in [0, 0.05) is 30.4 Å². The van der Waals surface area contributed by atoms with Gasteiger partial charge in [-0.05, 0) is 241 Å². The summed E-state index contributed by atoms with van der Waals surface area (Å²) in [6.45, 7) is 16.0. The molecule has 0 saturated heterocycles. The van der Waals surface area contributed by atoms with Crippen LogP contribution in [-0.2, 0) is 4.79 Å². The van der Waals surface area contributed by atoms with Gasteiger partial charge >= 0.3 is 0 Å². The lowest BCUT2D eigenvalue weighted by Crippen LogP contribution is -2.55. The molecule has 16 atom stereocenters. The number of terminal acetylenes is 1. The van der Waals surface area contributed by atoms with Crippen LogP contribution >= 0.6 is 15.9 Å². The minimum absolute atomic E-state index is 0. The second-order valence-electron chi connectivity index (χ2n) is 24.6. The molecule has 0 aromatic carbocycles. The third-order valence-electron chi connectivity index (χ3n) is 21.1. The Balaban J connectivity index is 0.000000181. The van der Waals surface area contributed by atoms with Gasteiger partial charge in [-0.25, -0.2) is 9.97 Å². The number of halogens is 1. The number of alkyl halides is 1. The molecule has 3 aromatic heterocycles. The topological polar surface area (TPSA) is 114 Å². The van der Waals surface area contributed by atoms with Crippen molar-refractivity contribution in [1.29, 1.82) is 0 Å². The average molecular weight is 1010 g/mol. The van der Waals surface area contributed by atoms with Gasteiger partial charge in [0.25, 0.3) is 0 Å².